The lowest BCUT2D eigenvalue weighted by Gasteiger charge is -2.19. The van der Waals surface area contributed by atoms with Gasteiger partial charge in [0.05, 0.1) is 12.2 Å². The Morgan fingerprint density at radius 1 is 1.62 bits per heavy atom. The van der Waals surface area contributed by atoms with Crippen molar-refractivity contribution in [2.45, 2.75) is 33.2 Å². The van der Waals surface area contributed by atoms with Crippen LogP contribution in [0.3, 0.4) is 0 Å². The fraction of sp³-hybridized carbons (Fsp3) is 0.667. The van der Waals surface area contributed by atoms with Crippen LogP contribution in [0.15, 0.2) is 6.20 Å². The number of nitrogens with zero attached hydrogens (tertiary/aromatic N) is 2. The van der Waals surface area contributed by atoms with Crippen LogP contribution in [0.4, 0.5) is 5.82 Å². The molecule has 0 saturated heterocycles. The molecule has 0 bridgehead atoms. The van der Waals surface area contributed by atoms with E-state index in [1.807, 2.05) is 0 Å². The minimum Gasteiger partial charge on any atom is -0.383 e. The van der Waals surface area contributed by atoms with Crippen LogP contribution in [0.1, 0.15) is 33.2 Å². The van der Waals surface area contributed by atoms with E-state index in [-0.39, 0.29) is 0 Å². The predicted octanol–water partition coefficient (Wildman–Crippen LogP) is 2.73. The summed E-state index contributed by atoms with van der Waals surface area (Å²) in [5.41, 5.74) is 5.76. The van der Waals surface area contributed by atoms with Crippen molar-refractivity contribution in [1.82, 2.24) is 9.78 Å². The Balaban J connectivity index is 2.88. The molecule has 0 amide bonds. The average Bonchev–Trinajstić information content (AvgIpc) is 2.45. The van der Waals surface area contributed by atoms with Crippen LogP contribution >= 0.6 is 11.6 Å². The summed E-state index contributed by atoms with van der Waals surface area (Å²) < 4.78 is 1.79. The zero-order chi connectivity index (χ0) is 10.0. The molecular formula is C9H16ClN3. The second kappa shape index (κ2) is 4.01. The van der Waals surface area contributed by atoms with E-state index in [9.17, 15) is 0 Å². The van der Waals surface area contributed by atoms with Crippen LogP contribution in [0.25, 0.3) is 0 Å². The van der Waals surface area contributed by atoms with Crippen molar-refractivity contribution in [3.8, 4) is 0 Å². The third-order valence-corrected chi connectivity index (χ3v) is 2.93. The molecule has 3 nitrogen and oxygen atoms in total. The fourth-order valence-corrected chi connectivity index (χ4v) is 1.39. The van der Waals surface area contributed by atoms with Crippen molar-refractivity contribution in [3.63, 3.8) is 0 Å². The zero-order valence-electron chi connectivity index (χ0n) is 8.29. The minimum atomic E-state index is 0.303. The highest BCUT2D eigenvalue weighted by atomic mass is 35.5. The average molecular weight is 202 g/mol. The molecule has 2 unspecified atom stereocenters. The van der Waals surface area contributed by atoms with E-state index < -0.39 is 0 Å². The molecule has 1 heterocycles. The second-order valence-corrected chi connectivity index (χ2v) is 3.86. The van der Waals surface area contributed by atoms with Gasteiger partial charge in [-0.15, -0.1) is 0 Å². The maximum absolute atomic E-state index is 5.81. The number of hydrogen-bond acceptors (Lipinski definition) is 2. The van der Waals surface area contributed by atoms with Crippen molar-refractivity contribution < 1.29 is 0 Å². The molecular weight excluding hydrogens is 186 g/mol. The fourth-order valence-electron chi connectivity index (χ4n) is 1.26. The van der Waals surface area contributed by atoms with Crippen LogP contribution in [-0.4, -0.2) is 9.78 Å². The van der Waals surface area contributed by atoms with Gasteiger partial charge in [0, 0.05) is 0 Å². The molecule has 1 aromatic heterocycles. The molecule has 0 saturated carbocycles. The zero-order valence-corrected chi connectivity index (χ0v) is 9.04. The van der Waals surface area contributed by atoms with Gasteiger partial charge >= 0.3 is 0 Å². The molecule has 13 heavy (non-hydrogen) atoms. The van der Waals surface area contributed by atoms with Crippen molar-refractivity contribution in [2.24, 2.45) is 5.92 Å². The first kappa shape index (κ1) is 10.4. The largest absolute Gasteiger partial charge is 0.383 e. The number of aromatic nitrogens is 2. The van der Waals surface area contributed by atoms with Gasteiger partial charge in [0.15, 0.2) is 0 Å². The third-order valence-electron chi connectivity index (χ3n) is 2.64. The number of hydrogen-bond donors (Lipinski definition) is 1. The van der Waals surface area contributed by atoms with Crippen molar-refractivity contribution in [3.05, 3.63) is 11.2 Å². The summed E-state index contributed by atoms with van der Waals surface area (Å²) in [5.74, 6) is 1.12. The molecule has 0 aromatic carbocycles. The van der Waals surface area contributed by atoms with Crippen molar-refractivity contribution in [2.75, 3.05) is 5.73 Å². The number of rotatable bonds is 3. The summed E-state index contributed by atoms with van der Waals surface area (Å²) in [4.78, 5) is 0. The Labute approximate surface area is 83.9 Å². The van der Waals surface area contributed by atoms with Crippen LogP contribution in [-0.2, 0) is 0 Å². The first-order valence-corrected chi connectivity index (χ1v) is 4.94. The maximum Gasteiger partial charge on any atom is 0.140 e. The molecule has 0 radical (unpaired) electrons. The van der Waals surface area contributed by atoms with Gasteiger partial charge in [-0.25, -0.2) is 4.68 Å². The molecule has 2 atom stereocenters. The highest BCUT2D eigenvalue weighted by Gasteiger charge is 2.16. The first-order valence-electron chi connectivity index (χ1n) is 4.56. The van der Waals surface area contributed by atoms with Crippen molar-refractivity contribution >= 4 is 17.4 Å². The van der Waals surface area contributed by atoms with E-state index in [1.165, 1.54) is 0 Å². The van der Waals surface area contributed by atoms with Crippen LogP contribution in [0, 0.1) is 5.92 Å². The number of halogens is 1. The van der Waals surface area contributed by atoms with Gasteiger partial charge in [-0.2, -0.15) is 5.10 Å². The highest BCUT2D eigenvalue weighted by molar-refractivity contribution is 6.32. The Bertz CT molecular complexity index is 282. The molecule has 0 aliphatic rings. The minimum absolute atomic E-state index is 0.303. The first-order chi connectivity index (χ1) is 6.07. The van der Waals surface area contributed by atoms with E-state index in [0.29, 0.717) is 22.8 Å². The maximum atomic E-state index is 5.81. The monoisotopic (exact) mass is 201 g/mol. The van der Waals surface area contributed by atoms with Gasteiger partial charge in [0.2, 0.25) is 0 Å². The van der Waals surface area contributed by atoms with Crippen LogP contribution in [0.2, 0.25) is 5.02 Å². The van der Waals surface area contributed by atoms with Gasteiger partial charge in [0.25, 0.3) is 0 Å². The van der Waals surface area contributed by atoms with E-state index in [1.54, 1.807) is 10.9 Å². The Kier molecular flexibility index (Phi) is 3.20. The lowest BCUT2D eigenvalue weighted by molar-refractivity contribution is 0.347. The number of anilines is 1. The van der Waals surface area contributed by atoms with E-state index in [2.05, 4.69) is 25.9 Å². The SMILES string of the molecule is CCC(C)C(C)n1ncc(Cl)c1N. The van der Waals surface area contributed by atoms with E-state index in [4.69, 9.17) is 17.3 Å². The normalized spacial score (nSPS) is 15.7. The molecule has 0 aliphatic carbocycles. The summed E-state index contributed by atoms with van der Waals surface area (Å²) >= 11 is 5.81. The lowest BCUT2D eigenvalue weighted by atomic mass is 10.0. The van der Waals surface area contributed by atoms with Crippen LogP contribution < -0.4 is 5.73 Å². The molecule has 4 heteroatoms. The van der Waals surface area contributed by atoms with Gasteiger partial charge in [-0.1, -0.05) is 31.9 Å². The number of nitrogen functional groups attached to an aromatic ring is 1. The molecule has 0 spiro atoms. The number of nitrogens with two attached hydrogens (primary N) is 1. The van der Waals surface area contributed by atoms with Gasteiger partial charge in [-0.3, -0.25) is 0 Å². The molecule has 2 N–H and O–H groups in total. The molecule has 1 rings (SSSR count). The topological polar surface area (TPSA) is 43.8 Å². The predicted molar refractivity (Wildman–Crippen MR) is 55.8 cm³/mol. The smallest absolute Gasteiger partial charge is 0.140 e. The van der Waals surface area contributed by atoms with Gasteiger partial charge in [-0.05, 0) is 12.8 Å². The van der Waals surface area contributed by atoms with Crippen LogP contribution in [0.5, 0.6) is 0 Å². The summed E-state index contributed by atoms with van der Waals surface area (Å²) in [6.07, 6.45) is 2.70. The summed E-state index contributed by atoms with van der Waals surface area (Å²) in [6.45, 7) is 6.44. The molecule has 0 fully saturated rings. The summed E-state index contributed by atoms with van der Waals surface area (Å²) in [5, 5.41) is 4.68. The Hall–Kier alpha value is -0.700. The molecule has 0 aliphatic heterocycles. The lowest BCUT2D eigenvalue weighted by Crippen LogP contribution is -2.16. The second-order valence-electron chi connectivity index (χ2n) is 3.45. The molecule has 1 aromatic rings. The molecule has 74 valence electrons. The standard InChI is InChI=1S/C9H16ClN3/c1-4-6(2)7(3)13-9(11)8(10)5-12-13/h5-7H,4,11H2,1-3H3. The Morgan fingerprint density at radius 2 is 2.23 bits per heavy atom. The quantitative estimate of drug-likeness (QED) is 0.818. The van der Waals surface area contributed by atoms with Gasteiger partial charge < -0.3 is 5.73 Å². The highest BCUT2D eigenvalue weighted by Crippen LogP contribution is 2.26. The van der Waals surface area contributed by atoms with E-state index in [0.717, 1.165) is 6.42 Å². The Morgan fingerprint density at radius 3 is 2.62 bits per heavy atom. The summed E-state index contributed by atoms with van der Waals surface area (Å²) in [7, 11) is 0. The summed E-state index contributed by atoms with van der Waals surface area (Å²) in [6, 6.07) is 0.303. The van der Waals surface area contributed by atoms with Gasteiger partial charge in [0.1, 0.15) is 10.8 Å². The van der Waals surface area contributed by atoms with Crippen molar-refractivity contribution in [1.29, 1.82) is 0 Å². The third kappa shape index (κ3) is 1.97. The van der Waals surface area contributed by atoms with E-state index >= 15 is 0 Å².